The lowest BCUT2D eigenvalue weighted by atomic mass is 10.1. The highest BCUT2D eigenvalue weighted by Gasteiger charge is 2.34. The number of anilines is 5. The zero-order valence-electron chi connectivity index (χ0n) is 25.2. The molecule has 1 aromatic heterocycles. The molecule has 0 saturated heterocycles. The predicted octanol–water partition coefficient (Wildman–Crippen LogP) is 8.15. The molecule has 5 aromatic carbocycles. The van der Waals surface area contributed by atoms with E-state index in [2.05, 4.69) is 15.0 Å². The number of hydrogen-bond acceptors (Lipinski definition) is 10. The predicted molar refractivity (Wildman–Crippen MR) is 187 cm³/mol. The van der Waals surface area contributed by atoms with Crippen molar-refractivity contribution in [2.75, 3.05) is 14.9 Å². The van der Waals surface area contributed by atoms with Crippen LogP contribution in [0, 0.1) is 20.2 Å². The minimum Gasteiger partial charge on any atom is -0.322 e. The van der Waals surface area contributed by atoms with Gasteiger partial charge in [-0.25, -0.2) is 13.4 Å². The van der Waals surface area contributed by atoms with Crippen LogP contribution in [-0.4, -0.2) is 29.2 Å². The Morgan fingerprint density at radius 2 is 1.24 bits per heavy atom. The Balaban J connectivity index is 1.27. The van der Waals surface area contributed by atoms with Crippen molar-refractivity contribution >= 4 is 66.5 Å². The molecule has 0 spiro atoms. The number of benzene rings is 5. The third-order valence-electron chi connectivity index (χ3n) is 7.20. The summed E-state index contributed by atoms with van der Waals surface area (Å²) in [7, 11) is -4.04. The number of amides is 1. The molecule has 0 unspecified atom stereocenters. The number of para-hydroxylation sites is 2. The molecule has 0 fully saturated rings. The number of nitrogens with zero attached hydrogens (tertiary/aromatic N) is 4. The third kappa shape index (κ3) is 7.12. The van der Waals surface area contributed by atoms with Crippen LogP contribution in [0.2, 0.25) is 0 Å². The van der Waals surface area contributed by atoms with Crippen LogP contribution in [0.3, 0.4) is 0 Å². The van der Waals surface area contributed by atoms with Crippen LogP contribution in [0.1, 0.15) is 10.4 Å². The summed E-state index contributed by atoms with van der Waals surface area (Å²) in [4.78, 5) is 42.2. The topological polar surface area (TPSA) is 178 Å². The van der Waals surface area contributed by atoms with Gasteiger partial charge in [0.25, 0.3) is 15.9 Å². The summed E-state index contributed by atoms with van der Waals surface area (Å²) in [6, 6.07) is 33.2. The van der Waals surface area contributed by atoms with E-state index >= 15 is 0 Å². The second-order valence-corrected chi connectivity index (χ2v) is 12.9. The first-order valence-electron chi connectivity index (χ1n) is 14.4. The molecule has 0 saturated carbocycles. The van der Waals surface area contributed by atoms with Crippen molar-refractivity contribution < 1.29 is 23.1 Å². The largest absolute Gasteiger partial charge is 0.322 e. The Labute approximate surface area is 283 Å². The second kappa shape index (κ2) is 13.7. The van der Waals surface area contributed by atoms with E-state index in [9.17, 15) is 33.4 Å². The van der Waals surface area contributed by atoms with Crippen LogP contribution in [-0.2, 0) is 10.0 Å². The summed E-state index contributed by atoms with van der Waals surface area (Å²) in [6.07, 6.45) is 0. The number of aromatic nitrogens is 1. The van der Waals surface area contributed by atoms with Crippen LogP contribution >= 0.6 is 11.3 Å². The van der Waals surface area contributed by atoms with Gasteiger partial charge in [-0.15, -0.1) is 11.3 Å². The van der Waals surface area contributed by atoms with Gasteiger partial charge < -0.3 is 5.32 Å². The molecule has 2 N–H and O–H groups in total. The van der Waals surface area contributed by atoms with E-state index in [0.29, 0.717) is 17.1 Å². The van der Waals surface area contributed by atoms with Crippen molar-refractivity contribution in [3.05, 3.63) is 159 Å². The number of carbonyl (C=O) groups is 1. The molecule has 6 aromatic rings. The number of nitrogens with one attached hydrogen (secondary N) is 2. The molecule has 0 atom stereocenters. The Kier molecular flexibility index (Phi) is 9.10. The maximum Gasteiger partial charge on any atom is 0.301 e. The standard InChI is InChI=1S/C34H24N6O7S2/c41-33(35-25-16-18-28(19-17-25)49(46,47)37-34-36-29(22-48-34)23-10-4-1-5-11-23)24-20-30(39(42)43)32(31(21-24)40(44)45)38(26-12-6-2-7-13-26)27-14-8-3-9-15-27/h1-22H,(H,35,41)(H,36,37). The molecular weight excluding hydrogens is 669 g/mol. The zero-order chi connectivity index (χ0) is 34.5. The highest BCUT2D eigenvalue weighted by atomic mass is 32.2. The maximum atomic E-state index is 13.3. The molecule has 0 aliphatic carbocycles. The number of nitro groups is 2. The van der Waals surface area contributed by atoms with E-state index in [1.165, 1.54) is 29.2 Å². The normalized spacial score (nSPS) is 11.0. The molecular formula is C34H24N6O7S2. The van der Waals surface area contributed by atoms with E-state index in [0.717, 1.165) is 29.0 Å². The lowest BCUT2D eigenvalue weighted by Gasteiger charge is -2.25. The summed E-state index contributed by atoms with van der Waals surface area (Å²) in [5.41, 5.74) is 0.425. The van der Waals surface area contributed by atoms with E-state index < -0.39 is 37.2 Å². The van der Waals surface area contributed by atoms with Crippen molar-refractivity contribution in [1.82, 2.24) is 4.98 Å². The fourth-order valence-electron chi connectivity index (χ4n) is 4.96. The van der Waals surface area contributed by atoms with Gasteiger partial charge in [-0.1, -0.05) is 66.7 Å². The highest BCUT2D eigenvalue weighted by molar-refractivity contribution is 7.93. The summed E-state index contributed by atoms with van der Waals surface area (Å²) >= 11 is 1.12. The minimum atomic E-state index is -4.04. The fourth-order valence-corrected chi connectivity index (χ4v) is 6.93. The van der Waals surface area contributed by atoms with E-state index in [1.807, 2.05) is 30.3 Å². The smallest absolute Gasteiger partial charge is 0.301 e. The monoisotopic (exact) mass is 692 g/mol. The Morgan fingerprint density at radius 3 is 1.76 bits per heavy atom. The van der Waals surface area contributed by atoms with Crippen molar-refractivity contribution in [3.8, 4) is 11.3 Å². The molecule has 0 bridgehead atoms. The fraction of sp³-hybridized carbons (Fsp3) is 0. The Hall–Kier alpha value is -6.45. The van der Waals surface area contributed by atoms with Gasteiger partial charge in [0.05, 0.1) is 26.0 Å². The average Bonchev–Trinajstić information content (AvgIpc) is 3.57. The molecule has 1 heterocycles. The number of rotatable bonds is 11. The lowest BCUT2D eigenvalue weighted by molar-refractivity contribution is -0.392. The van der Waals surface area contributed by atoms with Gasteiger partial charge in [-0.05, 0) is 48.5 Å². The molecule has 1 amide bonds. The summed E-state index contributed by atoms with van der Waals surface area (Å²) in [5.74, 6) is -0.881. The molecule has 13 nitrogen and oxygen atoms in total. The number of sulfonamides is 1. The summed E-state index contributed by atoms with van der Waals surface area (Å²) in [6.45, 7) is 0. The molecule has 244 valence electrons. The van der Waals surface area contributed by atoms with Gasteiger partial charge in [0.2, 0.25) is 5.69 Å². The van der Waals surface area contributed by atoms with E-state index in [-0.39, 0.29) is 27.0 Å². The van der Waals surface area contributed by atoms with Crippen LogP contribution in [0.5, 0.6) is 0 Å². The molecule has 0 aliphatic heterocycles. The van der Waals surface area contributed by atoms with Gasteiger partial charge >= 0.3 is 11.4 Å². The van der Waals surface area contributed by atoms with Crippen molar-refractivity contribution in [2.45, 2.75) is 4.90 Å². The van der Waals surface area contributed by atoms with Crippen molar-refractivity contribution in [2.24, 2.45) is 0 Å². The van der Waals surface area contributed by atoms with Crippen LogP contribution in [0.25, 0.3) is 11.3 Å². The summed E-state index contributed by atoms with van der Waals surface area (Å²) < 4.78 is 28.5. The maximum absolute atomic E-state index is 13.3. The molecule has 0 aliphatic rings. The van der Waals surface area contributed by atoms with Gasteiger partial charge in [0.15, 0.2) is 5.13 Å². The highest BCUT2D eigenvalue weighted by Crippen LogP contribution is 2.46. The molecule has 6 rings (SSSR count). The molecule has 0 radical (unpaired) electrons. The number of carbonyl (C=O) groups excluding carboxylic acids is 1. The number of hydrogen-bond donors (Lipinski definition) is 2. The average molecular weight is 693 g/mol. The Bertz CT molecular complexity index is 2190. The quantitative estimate of drug-likeness (QED) is 0.100. The first-order valence-corrected chi connectivity index (χ1v) is 16.8. The lowest BCUT2D eigenvalue weighted by Crippen LogP contribution is -2.17. The minimum absolute atomic E-state index is 0.112. The van der Waals surface area contributed by atoms with Crippen LogP contribution in [0.4, 0.5) is 39.3 Å². The van der Waals surface area contributed by atoms with E-state index in [4.69, 9.17) is 0 Å². The molecule has 49 heavy (non-hydrogen) atoms. The third-order valence-corrected chi connectivity index (χ3v) is 9.44. The second-order valence-electron chi connectivity index (χ2n) is 10.4. The summed E-state index contributed by atoms with van der Waals surface area (Å²) in [5, 5.41) is 29.2. The van der Waals surface area contributed by atoms with Gasteiger partial charge in [-0.3, -0.25) is 34.6 Å². The van der Waals surface area contributed by atoms with Crippen molar-refractivity contribution in [3.63, 3.8) is 0 Å². The van der Waals surface area contributed by atoms with Gasteiger partial charge in [-0.2, -0.15) is 0 Å². The Morgan fingerprint density at radius 1 is 0.735 bits per heavy atom. The number of thiazole rings is 1. The van der Waals surface area contributed by atoms with E-state index in [1.54, 1.807) is 66.0 Å². The zero-order valence-corrected chi connectivity index (χ0v) is 26.8. The first kappa shape index (κ1) is 32.5. The first-order chi connectivity index (χ1) is 23.6. The van der Waals surface area contributed by atoms with Gasteiger partial charge in [0.1, 0.15) is 0 Å². The van der Waals surface area contributed by atoms with Crippen LogP contribution < -0.4 is 14.9 Å². The SMILES string of the molecule is O=C(Nc1ccc(S(=O)(=O)Nc2nc(-c3ccccc3)cs2)cc1)c1cc([N+](=O)[O-])c(N(c2ccccc2)c2ccccc2)c([N+](=O)[O-])c1. The van der Waals surface area contributed by atoms with Gasteiger partial charge in [0, 0.05) is 40.1 Å². The number of nitro benzene ring substituents is 2. The van der Waals surface area contributed by atoms with Crippen LogP contribution in [0.15, 0.2) is 138 Å². The van der Waals surface area contributed by atoms with Crippen molar-refractivity contribution in [1.29, 1.82) is 0 Å². The molecule has 15 heteroatoms.